The van der Waals surface area contributed by atoms with Gasteiger partial charge in [0, 0.05) is 30.7 Å². The molecule has 0 saturated carbocycles. The minimum Gasteiger partial charge on any atom is -0.334 e. The number of pyridine rings is 1. The zero-order valence-electron chi connectivity index (χ0n) is 13.5. The summed E-state index contributed by atoms with van der Waals surface area (Å²) in [6.07, 6.45) is 3.30. The highest BCUT2D eigenvalue weighted by molar-refractivity contribution is 7.89. The molecule has 0 aliphatic rings. The summed E-state index contributed by atoms with van der Waals surface area (Å²) in [5, 5.41) is 5.36. The van der Waals surface area contributed by atoms with Crippen molar-refractivity contribution in [3.05, 3.63) is 54.4 Å². The Morgan fingerprint density at radius 1 is 1.08 bits per heavy atom. The lowest BCUT2D eigenvalue weighted by atomic mass is 10.3. The van der Waals surface area contributed by atoms with Crippen LogP contribution in [0.2, 0.25) is 0 Å². The van der Waals surface area contributed by atoms with Gasteiger partial charge >= 0.3 is 6.03 Å². The van der Waals surface area contributed by atoms with E-state index >= 15 is 0 Å². The van der Waals surface area contributed by atoms with E-state index in [-0.39, 0.29) is 17.0 Å². The highest BCUT2D eigenvalue weighted by atomic mass is 32.2. The third-order valence-electron chi connectivity index (χ3n) is 3.02. The maximum absolute atomic E-state index is 12.0. The number of benzene rings is 1. The van der Waals surface area contributed by atoms with Crippen LogP contribution in [0.5, 0.6) is 0 Å². The summed E-state index contributed by atoms with van der Waals surface area (Å²) in [6, 6.07) is 9.03. The Labute approximate surface area is 141 Å². The monoisotopic (exact) mass is 348 g/mol. The van der Waals surface area contributed by atoms with E-state index in [9.17, 15) is 13.2 Å². The first-order valence-electron chi connectivity index (χ1n) is 7.43. The molecule has 8 heteroatoms. The number of amides is 2. The average Bonchev–Trinajstić information content (AvgIpc) is 2.53. The van der Waals surface area contributed by atoms with E-state index in [2.05, 4.69) is 20.3 Å². The Hall–Kier alpha value is -2.45. The Bertz CT molecular complexity index is 775. The molecule has 0 radical (unpaired) electrons. The summed E-state index contributed by atoms with van der Waals surface area (Å²) in [7, 11) is -3.54. The van der Waals surface area contributed by atoms with Crippen LogP contribution in [0.4, 0.5) is 10.5 Å². The maximum atomic E-state index is 12.0. The molecule has 0 spiro atoms. The molecule has 2 amide bonds. The second-order valence-electron chi connectivity index (χ2n) is 5.46. The number of carbonyl (C=O) groups is 1. The van der Waals surface area contributed by atoms with Crippen molar-refractivity contribution in [3.8, 4) is 0 Å². The SMILES string of the molecule is CC(C)NS(=O)(=O)c1ccc(NC(=O)NCc2ccncc2)cc1. The molecule has 0 atom stereocenters. The van der Waals surface area contributed by atoms with Gasteiger partial charge in [-0.1, -0.05) is 0 Å². The van der Waals surface area contributed by atoms with Gasteiger partial charge < -0.3 is 10.6 Å². The van der Waals surface area contributed by atoms with Gasteiger partial charge in [0.2, 0.25) is 10.0 Å². The summed E-state index contributed by atoms with van der Waals surface area (Å²) in [6.45, 7) is 3.88. The van der Waals surface area contributed by atoms with Crippen molar-refractivity contribution >= 4 is 21.7 Å². The highest BCUT2D eigenvalue weighted by Gasteiger charge is 2.15. The van der Waals surface area contributed by atoms with E-state index < -0.39 is 10.0 Å². The van der Waals surface area contributed by atoms with Crippen LogP contribution in [0, 0.1) is 0 Å². The van der Waals surface area contributed by atoms with Crippen LogP contribution in [0.15, 0.2) is 53.7 Å². The maximum Gasteiger partial charge on any atom is 0.319 e. The number of nitrogens with one attached hydrogen (secondary N) is 3. The number of carbonyl (C=O) groups excluding carboxylic acids is 1. The van der Waals surface area contributed by atoms with Crippen molar-refractivity contribution in [1.82, 2.24) is 15.0 Å². The molecule has 0 unspecified atom stereocenters. The van der Waals surface area contributed by atoms with E-state index in [4.69, 9.17) is 0 Å². The van der Waals surface area contributed by atoms with E-state index in [1.807, 2.05) is 12.1 Å². The third kappa shape index (κ3) is 5.32. The second kappa shape index (κ2) is 7.89. The fourth-order valence-electron chi connectivity index (χ4n) is 1.95. The van der Waals surface area contributed by atoms with Crippen LogP contribution in [0.25, 0.3) is 0 Å². The normalized spacial score (nSPS) is 11.3. The second-order valence-corrected chi connectivity index (χ2v) is 7.18. The predicted octanol–water partition coefficient (Wildman–Crippen LogP) is 2.09. The third-order valence-corrected chi connectivity index (χ3v) is 4.69. The van der Waals surface area contributed by atoms with Gasteiger partial charge in [-0.05, 0) is 55.8 Å². The molecule has 0 aliphatic carbocycles. The number of hydrogen-bond acceptors (Lipinski definition) is 4. The lowest BCUT2D eigenvalue weighted by molar-refractivity contribution is 0.251. The van der Waals surface area contributed by atoms with Crippen LogP contribution < -0.4 is 15.4 Å². The fourth-order valence-corrected chi connectivity index (χ4v) is 3.21. The number of aromatic nitrogens is 1. The molecule has 1 aromatic heterocycles. The van der Waals surface area contributed by atoms with Crippen molar-refractivity contribution in [2.75, 3.05) is 5.32 Å². The van der Waals surface area contributed by atoms with Crippen LogP contribution in [0.3, 0.4) is 0 Å². The number of sulfonamides is 1. The first kappa shape index (κ1) is 17.9. The summed E-state index contributed by atoms with van der Waals surface area (Å²) in [4.78, 5) is 15.9. The van der Waals surface area contributed by atoms with Gasteiger partial charge in [-0.2, -0.15) is 0 Å². The molecule has 1 aromatic carbocycles. The van der Waals surface area contributed by atoms with Gasteiger partial charge in [0.25, 0.3) is 0 Å². The zero-order valence-corrected chi connectivity index (χ0v) is 14.3. The number of hydrogen-bond donors (Lipinski definition) is 3. The summed E-state index contributed by atoms with van der Waals surface area (Å²) < 4.78 is 26.5. The fraction of sp³-hybridized carbons (Fsp3) is 0.250. The van der Waals surface area contributed by atoms with E-state index in [0.717, 1.165) is 5.56 Å². The first-order valence-corrected chi connectivity index (χ1v) is 8.91. The zero-order chi connectivity index (χ0) is 17.6. The summed E-state index contributed by atoms with van der Waals surface area (Å²) in [5.41, 5.74) is 1.44. The van der Waals surface area contributed by atoms with Crippen LogP contribution in [0.1, 0.15) is 19.4 Å². The summed E-state index contributed by atoms with van der Waals surface area (Å²) >= 11 is 0. The van der Waals surface area contributed by atoms with Crippen molar-refractivity contribution in [3.63, 3.8) is 0 Å². The molecule has 24 heavy (non-hydrogen) atoms. The minimum absolute atomic E-state index is 0.152. The van der Waals surface area contributed by atoms with Gasteiger partial charge in [0.05, 0.1) is 4.90 Å². The molecule has 0 bridgehead atoms. The lowest BCUT2D eigenvalue weighted by Crippen LogP contribution is -2.30. The molecule has 0 fully saturated rings. The Morgan fingerprint density at radius 3 is 2.29 bits per heavy atom. The van der Waals surface area contributed by atoms with Crippen LogP contribution in [-0.4, -0.2) is 25.5 Å². The van der Waals surface area contributed by atoms with Crippen molar-refractivity contribution in [1.29, 1.82) is 0 Å². The van der Waals surface area contributed by atoms with Crippen LogP contribution >= 0.6 is 0 Å². The molecule has 128 valence electrons. The Morgan fingerprint density at radius 2 is 1.71 bits per heavy atom. The number of nitrogens with zero attached hydrogens (tertiary/aromatic N) is 1. The Balaban J connectivity index is 1.92. The van der Waals surface area contributed by atoms with E-state index in [1.54, 1.807) is 38.4 Å². The van der Waals surface area contributed by atoms with Crippen molar-refractivity contribution in [2.45, 2.75) is 31.3 Å². The molecule has 1 heterocycles. The molecular weight excluding hydrogens is 328 g/mol. The van der Waals surface area contributed by atoms with E-state index in [0.29, 0.717) is 12.2 Å². The van der Waals surface area contributed by atoms with E-state index in [1.165, 1.54) is 12.1 Å². The summed E-state index contributed by atoms with van der Waals surface area (Å²) in [5.74, 6) is 0. The molecule has 2 rings (SSSR count). The van der Waals surface area contributed by atoms with Gasteiger partial charge in [-0.15, -0.1) is 0 Å². The van der Waals surface area contributed by atoms with Crippen molar-refractivity contribution < 1.29 is 13.2 Å². The number of urea groups is 1. The smallest absolute Gasteiger partial charge is 0.319 e. The number of anilines is 1. The highest BCUT2D eigenvalue weighted by Crippen LogP contribution is 2.14. The molecule has 0 aliphatic heterocycles. The van der Waals surface area contributed by atoms with Gasteiger partial charge in [-0.3, -0.25) is 4.98 Å². The Kier molecular flexibility index (Phi) is 5.88. The molecule has 0 saturated heterocycles. The predicted molar refractivity (Wildman–Crippen MR) is 92.0 cm³/mol. The minimum atomic E-state index is -3.54. The van der Waals surface area contributed by atoms with Gasteiger partial charge in [-0.25, -0.2) is 17.9 Å². The molecule has 7 nitrogen and oxygen atoms in total. The van der Waals surface area contributed by atoms with Gasteiger partial charge in [0.1, 0.15) is 0 Å². The standard InChI is InChI=1S/C16H20N4O3S/c1-12(2)20-24(22,23)15-5-3-14(4-6-15)19-16(21)18-11-13-7-9-17-10-8-13/h3-10,12,20H,11H2,1-2H3,(H2,18,19,21). The topological polar surface area (TPSA) is 100 Å². The largest absolute Gasteiger partial charge is 0.334 e. The van der Waals surface area contributed by atoms with Crippen LogP contribution in [-0.2, 0) is 16.6 Å². The quantitative estimate of drug-likeness (QED) is 0.744. The van der Waals surface area contributed by atoms with Crippen molar-refractivity contribution in [2.24, 2.45) is 0 Å². The first-order chi connectivity index (χ1) is 11.4. The average molecular weight is 348 g/mol. The molecular formula is C16H20N4O3S. The molecule has 3 N–H and O–H groups in total. The molecule has 2 aromatic rings. The lowest BCUT2D eigenvalue weighted by Gasteiger charge is -2.11. The van der Waals surface area contributed by atoms with Gasteiger partial charge in [0.15, 0.2) is 0 Å². The number of rotatable bonds is 6.